The quantitative estimate of drug-likeness (QED) is 0.487. The number of amides is 1. The molecule has 0 radical (unpaired) electrons. The van der Waals surface area contributed by atoms with Gasteiger partial charge in [0.25, 0.3) is 0 Å². The molecule has 0 spiro atoms. The van der Waals surface area contributed by atoms with Crippen molar-refractivity contribution in [3.63, 3.8) is 0 Å². The van der Waals surface area contributed by atoms with Crippen LogP contribution in [-0.2, 0) is 20.2 Å². The van der Waals surface area contributed by atoms with Crippen LogP contribution >= 0.6 is 0 Å². The molecule has 2 N–H and O–H groups in total. The summed E-state index contributed by atoms with van der Waals surface area (Å²) in [5, 5.41) is 2.98. The summed E-state index contributed by atoms with van der Waals surface area (Å²) in [6.45, 7) is 5.77. The molecule has 35 heavy (non-hydrogen) atoms. The van der Waals surface area contributed by atoms with Gasteiger partial charge in [-0.05, 0) is 104 Å². The van der Waals surface area contributed by atoms with E-state index in [1.54, 1.807) is 24.3 Å². The third kappa shape index (κ3) is 4.92. The largest absolute Gasteiger partial charge is 0.325 e. The minimum atomic E-state index is -3.81. The van der Waals surface area contributed by atoms with Crippen LogP contribution in [0.25, 0.3) is 0 Å². The molecule has 0 unspecified atom stereocenters. The normalized spacial score (nSPS) is 29.1. The molecule has 1 amide bonds. The topological polar surface area (TPSA) is 75.3 Å². The first-order chi connectivity index (χ1) is 16.7. The Hall–Kier alpha value is -2.18. The van der Waals surface area contributed by atoms with Crippen molar-refractivity contribution < 1.29 is 13.2 Å². The Labute approximate surface area is 210 Å². The van der Waals surface area contributed by atoms with Crippen LogP contribution in [0, 0.1) is 30.6 Å². The van der Waals surface area contributed by atoms with Crippen LogP contribution in [-0.4, -0.2) is 20.4 Å². The summed E-state index contributed by atoms with van der Waals surface area (Å²) >= 11 is 0. The van der Waals surface area contributed by atoms with Gasteiger partial charge < -0.3 is 5.32 Å². The SMILES string of the molecule is CC[C@@H](C)[C@H](NS(=O)(=O)c1ccc(C)cc1)C(=O)Nc1ccc(C23CC4CC(CC(C4)C2)C3)cc1. The molecule has 4 aliphatic rings. The first kappa shape index (κ1) is 24.5. The lowest BCUT2D eigenvalue weighted by Gasteiger charge is -2.57. The molecule has 2 aromatic carbocycles. The van der Waals surface area contributed by atoms with Gasteiger partial charge in [-0.25, -0.2) is 8.42 Å². The summed E-state index contributed by atoms with van der Waals surface area (Å²) in [4.78, 5) is 13.4. The van der Waals surface area contributed by atoms with Crippen molar-refractivity contribution in [2.75, 3.05) is 5.32 Å². The van der Waals surface area contributed by atoms with Gasteiger partial charge in [0.1, 0.15) is 6.04 Å². The molecule has 4 aliphatic carbocycles. The van der Waals surface area contributed by atoms with Gasteiger partial charge in [-0.3, -0.25) is 4.79 Å². The molecule has 6 rings (SSSR count). The van der Waals surface area contributed by atoms with Gasteiger partial charge in [0, 0.05) is 5.69 Å². The van der Waals surface area contributed by atoms with Gasteiger partial charge in [-0.1, -0.05) is 50.1 Å². The fourth-order valence-corrected chi connectivity index (χ4v) is 8.51. The molecule has 5 nitrogen and oxygen atoms in total. The summed E-state index contributed by atoms with van der Waals surface area (Å²) in [7, 11) is -3.81. The molecular weight excluding hydrogens is 456 g/mol. The molecule has 188 valence electrons. The van der Waals surface area contributed by atoms with E-state index < -0.39 is 16.1 Å². The second kappa shape index (κ2) is 9.36. The van der Waals surface area contributed by atoms with E-state index in [0.29, 0.717) is 17.5 Å². The lowest BCUT2D eigenvalue weighted by Crippen LogP contribution is -2.48. The smallest absolute Gasteiger partial charge is 0.242 e. The highest BCUT2D eigenvalue weighted by Crippen LogP contribution is 2.60. The van der Waals surface area contributed by atoms with Gasteiger partial charge in [0.2, 0.25) is 15.9 Å². The zero-order valence-corrected chi connectivity index (χ0v) is 21.9. The second-order valence-corrected chi connectivity index (χ2v) is 13.3. The zero-order chi connectivity index (χ0) is 24.8. The van der Waals surface area contributed by atoms with Crippen molar-refractivity contribution in [1.29, 1.82) is 0 Å². The molecule has 4 fully saturated rings. The highest BCUT2D eigenvalue weighted by atomic mass is 32.2. The number of sulfonamides is 1. The number of rotatable bonds is 8. The van der Waals surface area contributed by atoms with Crippen LogP contribution in [0.5, 0.6) is 0 Å². The number of hydrogen-bond donors (Lipinski definition) is 2. The third-order valence-electron chi connectivity index (χ3n) is 8.91. The molecule has 0 heterocycles. The highest BCUT2D eigenvalue weighted by molar-refractivity contribution is 7.89. The lowest BCUT2D eigenvalue weighted by atomic mass is 9.48. The Morgan fingerprint density at radius 3 is 2.00 bits per heavy atom. The van der Waals surface area contributed by atoms with Crippen molar-refractivity contribution in [3.8, 4) is 0 Å². The highest BCUT2D eigenvalue weighted by Gasteiger charge is 2.51. The van der Waals surface area contributed by atoms with E-state index in [0.717, 1.165) is 23.3 Å². The van der Waals surface area contributed by atoms with Crippen molar-refractivity contribution >= 4 is 21.6 Å². The van der Waals surface area contributed by atoms with Crippen LogP contribution in [0.15, 0.2) is 53.4 Å². The van der Waals surface area contributed by atoms with Gasteiger partial charge in [0.15, 0.2) is 0 Å². The molecule has 6 heteroatoms. The van der Waals surface area contributed by atoms with Crippen molar-refractivity contribution in [1.82, 2.24) is 4.72 Å². The third-order valence-corrected chi connectivity index (χ3v) is 10.4. The van der Waals surface area contributed by atoms with Crippen molar-refractivity contribution in [3.05, 3.63) is 59.7 Å². The molecular formula is C29H38N2O3S. The van der Waals surface area contributed by atoms with Crippen LogP contribution < -0.4 is 10.0 Å². The van der Waals surface area contributed by atoms with Gasteiger partial charge in [-0.2, -0.15) is 4.72 Å². The Morgan fingerprint density at radius 1 is 0.943 bits per heavy atom. The fourth-order valence-electron chi connectivity index (χ4n) is 7.21. The molecule has 0 aromatic heterocycles. The van der Waals surface area contributed by atoms with Crippen molar-refractivity contribution in [2.45, 2.75) is 82.1 Å². The van der Waals surface area contributed by atoms with Gasteiger partial charge >= 0.3 is 0 Å². The minimum absolute atomic E-state index is 0.151. The minimum Gasteiger partial charge on any atom is -0.325 e. The predicted molar refractivity (Wildman–Crippen MR) is 140 cm³/mol. The lowest BCUT2D eigenvalue weighted by molar-refractivity contribution is -0.118. The van der Waals surface area contributed by atoms with Crippen molar-refractivity contribution in [2.24, 2.45) is 23.7 Å². The maximum Gasteiger partial charge on any atom is 0.242 e. The Morgan fingerprint density at radius 2 is 1.49 bits per heavy atom. The summed E-state index contributed by atoms with van der Waals surface area (Å²) in [6.07, 6.45) is 8.86. The number of nitrogens with one attached hydrogen (secondary N) is 2. The number of benzene rings is 2. The van der Waals surface area contributed by atoms with E-state index in [4.69, 9.17) is 0 Å². The Balaban J connectivity index is 1.30. The van der Waals surface area contributed by atoms with Crippen LogP contribution in [0.3, 0.4) is 0 Å². The molecule has 0 saturated heterocycles. The molecule has 2 atom stereocenters. The predicted octanol–water partition coefficient (Wildman–Crippen LogP) is 5.79. The standard InChI is InChI=1S/C29H38N2O3S/c1-4-20(3)27(31-35(33,34)26-11-5-19(2)6-12-26)28(32)30-25-9-7-24(8-10-25)29-16-21-13-22(17-29)15-23(14-21)18-29/h5-12,20-23,27,31H,4,13-18H2,1-3H3,(H,30,32)/t20-,21?,22?,23?,27+,29?/m1/s1. The number of hydrogen-bond acceptors (Lipinski definition) is 3. The first-order valence-corrected chi connectivity index (χ1v) is 14.7. The summed E-state index contributed by atoms with van der Waals surface area (Å²) in [5.41, 5.74) is 3.43. The number of anilines is 1. The molecule has 4 saturated carbocycles. The first-order valence-electron chi connectivity index (χ1n) is 13.2. The molecule has 4 bridgehead atoms. The maximum absolute atomic E-state index is 13.2. The Kier molecular flexibility index (Phi) is 6.56. The average Bonchev–Trinajstić information content (AvgIpc) is 2.82. The van der Waals surface area contributed by atoms with Gasteiger partial charge in [0.05, 0.1) is 4.90 Å². The second-order valence-electron chi connectivity index (χ2n) is 11.6. The average molecular weight is 495 g/mol. The van der Waals surface area contributed by atoms with Crippen LogP contribution in [0.1, 0.15) is 69.9 Å². The van der Waals surface area contributed by atoms with E-state index in [9.17, 15) is 13.2 Å². The molecule has 0 aliphatic heterocycles. The summed E-state index contributed by atoms with van der Waals surface area (Å²) < 4.78 is 28.6. The van der Waals surface area contributed by atoms with Crippen LogP contribution in [0.2, 0.25) is 0 Å². The zero-order valence-electron chi connectivity index (χ0n) is 21.1. The maximum atomic E-state index is 13.2. The van der Waals surface area contributed by atoms with Gasteiger partial charge in [-0.15, -0.1) is 0 Å². The fraction of sp³-hybridized carbons (Fsp3) is 0.552. The summed E-state index contributed by atoms with van der Waals surface area (Å²) in [6, 6.07) is 14.2. The van der Waals surface area contributed by atoms with E-state index in [-0.39, 0.29) is 16.7 Å². The number of aryl methyl sites for hydroxylation is 1. The van der Waals surface area contributed by atoms with E-state index in [1.165, 1.54) is 44.1 Å². The monoisotopic (exact) mass is 494 g/mol. The van der Waals surface area contributed by atoms with E-state index in [2.05, 4.69) is 22.2 Å². The summed E-state index contributed by atoms with van der Waals surface area (Å²) in [5.74, 6) is 2.19. The van der Waals surface area contributed by atoms with E-state index >= 15 is 0 Å². The number of carbonyl (C=O) groups excluding carboxylic acids is 1. The Bertz CT molecular complexity index is 1140. The van der Waals surface area contributed by atoms with Crippen LogP contribution in [0.4, 0.5) is 5.69 Å². The van der Waals surface area contributed by atoms with E-state index in [1.807, 2.05) is 32.9 Å². The molecule has 2 aromatic rings. The number of carbonyl (C=O) groups is 1.